The van der Waals surface area contributed by atoms with Gasteiger partial charge < -0.3 is 19.0 Å². The molecule has 2 amide bonds. The minimum absolute atomic E-state index is 0.125. The highest BCUT2D eigenvalue weighted by molar-refractivity contribution is 9.10. The number of fused-ring (bicyclic) bond motifs is 1. The summed E-state index contributed by atoms with van der Waals surface area (Å²) in [6.45, 7) is 1.78. The molecule has 5 rings (SSSR count). The van der Waals surface area contributed by atoms with Gasteiger partial charge in [0.05, 0.1) is 13.1 Å². The fourth-order valence-corrected chi connectivity index (χ4v) is 4.25. The second kappa shape index (κ2) is 8.82. The van der Waals surface area contributed by atoms with Crippen LogP contribution in [0.4, 0.5) is 5.69 Å². The first-order valence-electron chi connectivity index (χ1n) is 10.7. The number of nitrogens with zero attached hydrogens (tertiary/aromatic N) is 2. The molecule has 3 aromatic rings. The maximum atomic E-state index is 13.0. The summed E-state index contributed by atoms with van der Waals surface area (Å²) in [5.74, 6) is 1.18. The van der Waals surface area contributed by atoms with Gasteiger partial charge in [-0.15, -0.1) is 0 Å². The Labute approximate surface area is 194 Å². The van der Waals surface area contributed by atoms with Crippen LogP contribution in [0.5, 0.6) is 5.75 Å². The van der Waals surface area contributed by atoms with Gasteiger partial charge in [-0.2, -0.15) is 0 Å². The van der Waals surface area contributed by atoms with Crippen molar-refractivity contribution in [3.8, 4) is 5.75 Å². The van der Waals surface area contributed by atoms with E-state index >= 15 is 0 Å². The number of carbonyl (C=O) groups is 2. The lowest BCUT2D eigenvalue weighted by Crippen LogP contribution is -2.32. The van der Waals surface area contributed by atoms with Crippen LogP contribution in [0.15, 0.2) is 69.8 Å². The summed E-state index contributed by atoms with van der Waals surface area (Å²) in [5, 5.41) is 0. The molecule has 2 aliphatic rings. The number of amides is 2. The molecule has 1 aromatic heterocycles. The van der Waals surface area contributed by atoms with Crippen molar-refractivity contribution < 1.29 is 18.7 Å². The van der Waals surface area contributed by atoms with Gasteiger partial charge in [0.25, 0.3) is 5.91 Å². The van der Waals surface area contributed by atoms with Crippen LogP contribution in [0.3, 0.4) is 0 Å². The lowest BCUT2D eigenvalue weighted by atomic mass is 10.1. The van der Waals surface area contributed by atoms with Crippen LogP contribution in [0.25, 0.3) is 0 Å². The lowest BCUT2D eigenvalue weighted by molar-refractivity contribution is -0.119. The van der Waals surface area contributed by atoms with Crippen molar-refractivity contribution >= 4 is 33.4 Å². The van der Waals surface area contributed by atoms with E-state index in [0.717, 1.165) is 35.4 Å². The van der Waals surface area contributed by atoms with Crippen molar-refractivity contribution in [2.45, 2.75) is 25.9 Å². The minimum Gasteiger partial charge on any atom is -0.491 e. The monoisotopic (exact) mass is 494 g/mol. The number of benzene rings is 2. The Morgan fingerprint density at radius 1 is 1.06 bits per heavy atom. The van der Waals surface area contributed by atoms with E-state index in [9.17, 15) is 9.59 Å². The van der Waals surface area contributed by atoms with Gasteiger partial charge in [-0.3, -0.25) is 9.59 Å². The largest absolute Gasteiger partial charge is 0.491 e. The maximum absolute atomic E-state index is 13.0. The van der Waals surface area contributed by atoms with Crippen LogP contribution < -0.4 is 9.64 Å². The van der Waals surface area contributed by atoms with E-state index in [0.29, 0.717) is 36.7 Å². The molecular weight excluding hydrogens is 472 g/mol. The van der Waals surface area contributed by atoms with Gasteiger partial charge in [0.2, 0.25) is 5.91 Å². The molecule has 7 heteroatoms. The van der Waals surface area contributed by atoms with Crippen molar-refractivity contribution in [2.75, 3.05) is 18.1 Å². The maximum Gasteiger partial charge on any atom is 0.290 e. The molecule has 0 saturated heterocycles. The summed E-state index contributed by atoms with van der Waals surface area (Å²) in [6.07, 6.45) is 1.92. The number of halogens is 1. The molecule has 0 radical (unpaired) electrons. The molecule has 0 N–H and O–H groups in total. The Hall–Kier alpha value is -3.06. The molecule has 1 aliphatic heterocycles. The second-order valence-corrected chi connectivity index (χ2v) is 8.94. The van der Waals surface area contributed by atoms with Gasteiger partial charge in [-0.25, -0.2) is 0 Å². The fourth-order valence-electron chi connectivity index (χ4n) is 3.94. The molecule has 1 fully saturated rings. The van der Waals surface area contributed by atoms with Crippen LogP contribution in [-0.4, -0.2) is 29.9 Å². The van der Waals surface area contributed by atoms with E-state index in [1.54, 1.807) is 17.0 Å². The van der Waals surface area contributed by atoms with Crippen LogP contribution in [-0.2, 0) is 17.9 Å². The van der Waals surface area contributed by atoms with Crippen LogP contribution in [0.1, 0.15) is 34.5 Å². The summed E-state index contributed by atoms with van der Waals surface area (Å²) in [4.78, 5) is 29.5. The number of para-hydroxylation sites is 1. The number of hydrogen-bond acceptors (Lipinski definition) is 4. The smallest absolute Gasteiger partial charge is 0.290 e. The van der Waals surface area contributed by atoms with Crippen LogP contribution in [0.2, 0.25) is 0 Å². The second-order valence-electron chi connectivity index (χ2n) is 8.16. The molecule has 32 heavy (non-hydrogen) atoms. The quantitative estimate of drug-likeness (QED) is 0.499. The fraction of sp³-hybridized carbons (Fsp3) is 0.280. The SMILES string of the molecule is O=C(c1ccc(Br)o1)N1CCOc2ccc(CN(C(=O)C3CC3)c3ccccc3)cc2C1. The molecule has 0 spiro atoms. The predicted molar refractivity (Wildman–Crippen MR) is 123 cm³/mol. The van der Waals surface area contributed by atoms with Crippen LogP contribution >= 0.6 is 15.9 Å². The number of furan rings is 1. The van der Waals surface area contributed by atoms with Crippen molar-refractivity contribution in [1.29, 1.82) is 0 Å². The Balaban J connectivity index is 1.39. The van der Waals surface area contributed by atoms with E-state index in [4.69, 9.17) is 9.15 Å². The first kappa shape index (κ1) is 20.8. The first-order valence-corrected chi connectivity index (χ1v) is 11.5. The van der Waals surface area contributed by atoms with Gasteiger partial charge in [-0.1, -0.05) is 24.3 Å². The van der Waals surface area contributed by atoms with Gasteiger partial charge in [-0.05, 0) is 70.7 Å². The summed E-state index contributed by atoms with van der Waals surface area (Å²) in [7, 11) is 0. The third kappa shape index (κ3) is 4.43. The van der Waals surface area contributed by atoms with Gasteiger partial charge in [0.15, 0.2) is 10.4 Å². The predicted octanol–water partition coefficient (Wildman–Crippen LogP) is 5.02. The zero-order valence-electron chi connectivity index (χ0n) is 17.5. The van der Waals surface area contributed by atoms with E-state index in [2.05, 4.69) is 15.9 Å². The van der Waals surface area contributed by atoms with Crippen molar-refractivity contribution in [3.05, 3.63) is 82.2 Å². The van der Waals surface area contributed by atoms with Crippen molar-refractivity contribution in [3.63, 3.8) is 0 Å². The van der Waals surface area contributed by atoms with E-state index < -0.39 is 0 Å². The highest BCUT2D eigenvalue weighted by Gasteiger charge is 2.34. The Morgan fingerprint density at radius 2 is 1.88 bits per heavy atom. The first-order chi connectivity index (χ1) is 15.6. The van der Waals surface area contributed by atoms with Crippen molar-refractivity contribution in [2.24, 2.45) is 5.92 Å². The molecule has 1 saturated carbocycles. The van der Waals surface area contributed by atoms with Gasteiger partial charge >= 0.3 is 0 Å². The average Bonchev–Trinajstić information content (AvgIpc) is 3.60. The molecule has 0 unspecified atom stereocenters. The number of ether oxygens (including phenoxy) is 1. The zero-order valence-corrected chi connectivity index (χ0v) is 19.1. The number of hydrogen-bond donors (Lipinski definition) is 0. The summed E-state index contributed by atoms with van der Waals surface area (Å²) >= 11 is 3.25. The summed E-state index contributed by atoms with van der Waals surface area (Å²) < 4.78 is 11.9. The highest BCUT2D eigenvalue weighted by Crippen LogP contribution is 2.34. The van der Waals surface area contributed by atoms with E-state index in [-0.39, 0.29) is 17.7 Å². The Morgan fingerprint density at radius 3 is 2.59 bits per heavy atom. The normalized spacial score (nSPS) is 15.5. The highest BCUT2D eigenvalue weighted by atomic mass is 79.9. The molecule has 0 atom stereocenters. The van der Waals surface area contributed by atoms with Gasteiger partial charge in [0, 0.05) is 23.7 Å². The Kier molecular flexibility index (Phi) is 5.74. The summed E-state index contributed by atoms with van der Waals surface area (Å²) in [5.41, 5.74) is 2.82. The van der Waals surface area contributed by atoms with Crippen molar-refractivity contribution in [1.82, 2.24) is 4.90 Å². The third-order valence-electron chi connectivity index (χ3n) is 5.78. The third-order valence-corrected chi connectivity index (χ3v) is 6.20. The molecular formula is C25H23BrN2O4. The van der Waals surface area contributed by atoms with Crippen LogP contribution in [0, 0.1) is 5.92 Å². The summed E-state index contributed by atoms with van der Waals surface area (Å²) in [6, 6.07) is 19.1. The number of anilines is 1. The molecule has 164 valence electrons. The molecule has 1 aliphatic carbocycles. The molecule has 6 nitrogen and oxygen atoms in total. The number of carbonyl (C=O) groups excluding carboxylic acids is 2. The zero-order chi connectivity index (χ0) is 22.1. The topological polar surface area (TPSA) is 63.0 Å². The van der Waals surface area contributed by atoms with E-state index in [1.165, 1.54) is 0 Å². The van der Waals surface area contributed by atoms with E-state index in [1.807, 2.05) is 53.4 Å². The minimum atomic E-state index is -0.174. The average molecular weight is 495 g/mol. The van der Waals surface area contributed by atoms with Gasteiger partial charge in [0.1, 0.15) is 12.4 Å². The lowest BCUT2D eigenvalue weighted by Gasteiger charge is -2.24. The number of rotatable bonds is 5. The Bertz CT molecular complexity index is 1140. The standard InChI is InChI=1S/C25H23BrN2O4/c26-23-11-10-22(32-23)25(30)27-12-13-31-21-9-6-17(14-19(21)16-27)15-28(24(29)18-7-8-18)20-4-2-1-3-5-20/h1-6,9-11,14,18H,7-8,12-13,15-16H2. The molecule has 2 heterocycles. The molecule has 2 aromatic carbocycles. The molecule has 0 bridgehead atoms.